The third-order valence-corrected chi connectivity index (χ3v) is 3.38. The van der Waals surface area contributed by atoms with Gasteiger partial charge in [0.25, 0.3) is 0 Å². The Hall–Kier alpha value is -1.16. The zero-order chi connectivity index (χ0) is 12.3. The summed E-state index contributed by atoms with van der Waals surface area (Å²) in [7, 11) is 0. The van der Waals surface area contributed by atoms with E-state index in [4.69, 9.17) is 5.73 Å². The van der Waals surface area contributed by atoms with Crippen molar-refractivity contribution in [3.8, 4) is 0 Å². The van der Waals surface area contributed by atoms with Crippen LogP contribution in [0.15, 0.2) is 6.20 Å². The summed E-state index contributed by atoms with van der Waals surface area (Å²) < 4.78 is 0. The molecule has 4 heteroatoms. The zero-order valence-corrected chi connectivity index (χ0v) is 10.8. The van der Waals surface area contributed by atoms with Crippen molar-refractivity contribution in [2.75, 3.05) is 18.0 Å². The Kier molecular flexibility index (Phi) is 3.94. The van der Waals surface area contributed by atoms with Gasteiger partial charge in [-0.25, -0.2) is 9.97 Å². The van der Waals surface area contributed by atoms with Crippen LogP contribution in [0.3, 0.4) is 0 Å². The van der Waals surface area contributed by atoms with Crippen molar-refractivity contribution < 1.29 is 0 Å². The molecule has 0 unspecified atom stereocenters. The van der Waals surface area contributed by atoms with Gasteiger partial charge in [-0.3, -0.25) is 0 Å². The predicted molar refractivity (Wildman–Crippen MR) is 70.1 cm³/mol. The van der Waals surface area contributed by atoms with Crippen molar-refractivity contribution in [1.29, 1.82) is 0 Å². The monoisotopic (exact) mass is 234 g/mol. The molecule has 0 spiro atoms. The van der Waals surface area contributed by atoms with Crippen molar-refractivity contribution in [1.82, 2.24) is 9.97 Å². The second-order valence-corrected chi connectivity index (χ2v) is 4.90. The fraction of sp³-hybridized carbons (Fsp3) is 0.692. The summed E-state index contributed by atoms with van der Waals surface area (Å²) in [5, 5.41) is 0. The van der Waals surface area contributed by atoms with Crippen molar-refractivity contribution in [2.45, 2.75) is 45.6 Å². The minimum Gasteiger partial charge on any atom is -0.341 e. The fourth-order valence-corrected chi connectivity index (χ4v) is 2.33. The number of nitrogens with two attached hydrogens (primary N) is 1. The molecule has 1 saturated heterocycles. The second-order valence-electron chi connectivity index (χ2n) is 4.90. The lowest BCUT2D eigenvalue weighted by Crippen LogP contribution is -2.26. The van der Waals surface area contributed by atoms with Gasteiger partial charge in [-0.15, -0.1) is 0 Å². The average Bonchev–Trinajstić information content (AvgIpc) is 2.56. The Balaban J connectivity index is 2.18. The Morgan fingerprint density at radius 2 is 1.88 bits per heavy atom. The average molecular weight is 234 g/mol. The number of hydrogen-bond donors (Lipinski definition) is 1. The number of nitrogens with zero attached hydrogens (tertiary/aromatic N) is 3. The van der Waals surface area contributed by atoms with Crippen LogP contribution in [0.25, 0.3) is 0 Å². The Morgan fingerprint density at radius 3 is 2.41 bits per heavy atom. The van der Waals surface area contributed by atoms with Gasteiger partial charge in [-0.1, -0.05) is 12.8 Å². The van der Waals surface area contributed by atoms with Gasteiger partial charge in [0.2, 0.25) is 5.95 Å². The molecule has 2 heterocycles. The summed E-state index contributed by atoms with van der Waals surface area (Å²) in [5.74, 6) is 0.869. The van der Waals surface area contributed by atoms with Gasteiger partial charge in [-0.2, -0.15) is 0 Å². The molecule has 0 saturated carbocycles. The second kappa shape index (κ2) is 5.45. The van der Waals surface area contributed by atoms with E-state index in [9.17, 15) is 0 Å². The van der Waals surface area contributed by atoms with E-state index in [1.165, 1.54) is 25.7 Å². The molecule has 1 aromatic heterocycles. The fourth-order valence-electron chi connectivity index (χ4n) is 2.33. The molecule has 1 fully saturated rings. The number of aryl methyl sites for hydroxylation is 1. The standard InChI is InChI=1S/C13H22N4/c1-10(14)12-9-15-13(16-11(12)2)17-7-5-3-4-6-8-17/h9-10H,3-8,14H2,1-2H3/t10-/m1/s1. The van der Waals surface area contributed by atoms with E-state index >= 15 is 0 Å². The first-order chi connectivity index (χ1) is 8.18. The van der Waals surface area contributed by atoms with Gasteiger partial charge in [0, 0.05) is 36.6 Å². The molecule has 94 valence electrons. The third-order valence-electron chi connectivity index (χ3n) is 3.38. The van der Waals surface area contributed by atoms with Gasteiger partial charge >= 0.3 is 0 Å². The first kappa shape index (κ1) is 12.3. The molecule has 2 rings (SSSR count). The molecule has 0 amide bonds. The van der Waals surface area contributed by atoms with Gasteiger partial charge in [0.1, 0.15) is 0 Å². The van der Waals surface area contributed by atoms with Crippen molar-refractivity contribution in [3.05, 3.63) is 17.5 Å². The molecule has 1 aliphatic heterocycles. The molecule has 0 bridgehead atoms. The molecule has 0 radical (unpaired) electrons. The summed E-state index contributed by atoms with van der Waals surface area (Å²) in [5.41, 5.74) is 7.93. The van der Waals surface area contributed by atoms with Gasteiger partial charge < -0.3 is 10.6 Å². The van der Waals surface area contributed by atoms with E-state index in [0.29, 0.717) is 0 Å². The molecular weight excluding hydrogens is 212 g/mol. The quantitative estimate of drug-likeness (QED) is 0.852. The van der Waals surface area contributed by atoms with Crippen molar-refractivity contribution in [2.24, 2.45) is 5.73 Å². The molecule has 0 aromatic carbocycles. The lowest BCUT2D eigenvalue weighted by atomic mass is 10.1. The van der Waals surface area contributed by atoms with Crippen molar-refractivity contribution >= 4 is 5.95 Å². The summed E-state index contributed by atoms with van der Waals surface area (Å²) in [6.45, 7) is 6.15. The van der Waals surface area contributed by atoms with E-state index < -0.39 is 0 Å². The summed E-state index contributed by atoms with van der Waals surface area (Å²) >= 11 is 0. The van der Waals surface area contributed by atoms with Crippen LogP contribution < -0.4 is 10.6 Å². The number of anilines is 1. The van der Waals surface area contributed by atoms with Crippen LogP contribution in [0.4, 0.5) is 5.95 Å². The normalized spacial score (nSPS) is 18.9. The maximum atomic E-state index is 5.87. The van der Waals surface area contributed by atoms with E-state index in [-0.39, 0.29) is 6.04 Å². The Morgan fingerprint density at radius 1 is 1.24 bits per heavy atom. The SMILES string of the molecule is Cc1nc(N2CCCCCC2)ncc1[C@@H](C)N. The highest BCUT2D eigenvalue weighted by molar-refractivity contribution is 5.33. The van der Waals surface area contributed by atoms with Crippen LogP contribution >= 0.6 is 0 Å². The van der Waals surface area contributed by atoms with E-state index in [1.807, 2.05) is 20.0 Å². The first-order valence-electron chi connectivity index (χ1n) is 6.52. The highest BCUT2D eigenvalue weighted by Crippen LogP contribution is 2.18. The smallest absolute Gasteiger partial charge is 0.225 e. The molecule has 1 aromatic rings. The van der Waals surface area contributed by atoms with Gasteiger partial charge in [0.15, 0.2) is 0 Å². The van der Waals surface area contributed by atoms with E-state index in [1.54, 1.807) is 0 Å². The molecule has 2 N–H and O–H groups in total. The Labute approximate surface area is 103 Å². The molecule has 0 aliphatic carbocycles. The minimum atomic E-state index is 0.00758. The molecule has 17 heavy (non-hydrogen) atoms. The Bertz CT molecular complexity index is 368. The molecule has 1 atom stereocenters. The summed E-state index contributed by atoms with van der Waals surface area (Å²) in [4.78, 5) is 11.4. The molecule has 4 nitrogen and oxygen atoms in total. The van der Waals surface area contributed by atoms with Crippen molar-refractivity contribution in [3.63, 3.8) is 0 Å². The van der Waals surface area contributed by atoms with E-state index in [0.717, 1.165) is 30.3 Å². The maximum Gasteiger partial charge on any atom is 0.225 e. The van der Waals surface area contributed by atoms with Crippen LogP contribution in [0.1, 0.15) is 49.9 Å². The van der Waals surface area contributed by atoms with Crippen LogP contribution in [-0.2, 0) is 0 Å². The predicted octanol–water partition coefficient (Wildman–Crippen LogP) is 2.19. The number of rotatable bonds is 2. The highest BCUT2D eigenvalue weighted by atomic mass is 15.2. The maximum absolute atomic E-state index is 5.87. The zero-order valence-electron chi connectivity index (χ0n) is 10.8. The largest absolute Gasteiger partial charge is 0.341 e. The first-order valence-corrected chi connectivity index (χ1v) is 6.52. The van der Waals surface area contributed by atoms with Crippen LogP contribution in [0, 0.1) is 6.92 Å². The lowest BCUT2D eigenvalue weighted by Gasteiger charge is -2.21. The number of hydrogen-bond acceptors (Lipinski definition) is 4. The highest BCUT2D eigenvalue weighted by Gasteiger charge is 2.14. The van der Waals surface area contributed by atoms with E-state index in [2.05, 4.69) is 14.9 Å². The van der Waals surface area contributed by atoms with Crippen LogP contribution in [0.5, 0.6) is 0 Å². The van der Waals surface area contributed by atoms with Crippen LogP contribution in [-0.4, -0.2) is 23.1 Å². The number of aromatic nitrogens is 2. The summed E-state index contributed by atoms with van der Waals surface area (Å²) in [6.07, 6.45) is 7.03. The molecular formula is C13H22N4. The minimum absolute atomic E-state index is 0.00758. The van der Waals surface area contributed by atoms with Crippen LogP contribution in [0.2, 0.25) is 0 Å². The van der Waals surface area contributed by atoms with Gasteiger partial charge in [-0.05, 0) is 26.7 Å². The molecule has 1 aliphatic rings. The van der Waals surface area contributed by atoms with Gasteiger partial charge in [0.05, 0.1) is 0 Å². The topological polar surface area (TPSA) is 55.0 Å². The lowest BCUT2D eigenvalue weighted by molar-refractivity contribution is 0.726. The summed E-state index contributed by atoms with van der Waals surface area (Å²) in [6, 6.07) is 0.00758. The third kappa shape index (κ3) is 2.94.